The van der Waals surface area contributed by atoms with Crippen molar-refractivity contribution in [2.45, 2.75) is 50.5 Å². The Morgan fingerprint density at radius 2 is 1.55 bits per heavy atom. The minimum absolute atomic E-state index is 0.0364. The van der Waals surface area contributed by atoms with Gasteiger partial charge in [-0.1, -0.05) is 41.9 Å². The molecule has 7 nitrogen and oxygen atoms in total. The number of carbonyl (C=O) groups excluding carboxylic acids is 2. The van der Waals surface area contributed by atoms with Gasteiger partial charge < -0.3 is 19.8 Å². The van der Waals surface area contributed by atoms with Gasteiger partial charge in [0.1, 0.15) is 11.0 Å². The van der Waals surface area contributed by atoms with E-state index < -0.39 is 5.60 Å². The number of amides is 2. The summed E-state index contributed by atoms with van der Waals surface area (Å²) in [5, 5.41) is 11.8. The van der Waals surface area contributed by atoms with Crippen molar-refractivity contribution in [3.8, 4) is 0 Å². The number of nitrogens with zero attached hydrogens (tertiary/aromatic N) is 4. The molecule has 2 aliphatic heterocycles. The molecule has 3 heterocycles. The number of piperidine rings is 2. The van der Waals surface area contributed by atoms with E-state index in [1.54, 1.807) is 20.2 Å². The van der Waals surface area contributed by atoms with Crippen molar-refractivity contribution in [2.75, 3.05) is 45.2 Å². The number of pyridine rings is 1. The quantitative estimate of drug-likeness (QED) is 0.522. The van der Waals surface area contributed by atoms with Gasteiger partial charge in [0.05, 0.1) is 5.56 Å². The number of likely N-dealkylation sites (tertiary alicyclic amines) is 1. The van der Waals surface area contributed by atoms with Gasteiger partial charge in [-0.2, -0.15) is 0 Å². The summed E-state index contributed by atoms with van der Waals surface area (Å²) < 4.78 is 0. The van der Waals surface area contributed by atoms with E-state index in [-0.39, 0.29) is 22.9 Å². The van der Waals surface area contributed by atoms with Gasteiger partial charge in [-0.05, 0) is 74.5 Å². The molecule has 1 saturated carbocycles. The Hall–Kier alpha value is -2.64. The second-order valence-electron chi connectivity index (χ2n) is 11.5. The molecule has 1 atom stereocenters. The van der Waals surface area contributed by atoms with E-state index in [4.69, 9.17) is 11.6 Å². The highest BCUT2D eigenvalue weighted by molar-refractivity contribution is 6.32. The summed E-state index contributed by atoms with van der Waals surface area (Å²) in [5.41, 5.74) is -0.217. The Kier molecular flexibility index (Phi) is 7.96. The molecule has 1 aliphatic carbocycles. The molecule has 1 N–H and O–H groups in total. The minimum atomic E-state index is -1.38. The van der Waals surface area contributed by atoms with Crippen molar-refractivity contribution in [1.82, 2.24) is 14.8 Å². The lowest BCUT2D eigenvalue weighted by atomic mass is 9.81. The summed E-state index contributed by atoms with van der Waals surface area (Å²) in [6.45, 7) is 3.31. The molecular weight excluding hydrogens is 500 g/mol. The Balaban J connectivity index is 1.11. The molecule has 38 heavy (non-hydrogen) atoms. The fraction of sp³-hybridized carbons (Fsp3) is 0.567. The molecular formula is C30H39ClN4O3. The lowest BCUT2D eigenvalue weighted by Crippen LogP contribution is -2.51. The number of aromatic nitrogens is 1. The largest absolute Gasteiger partial charge is 0.375 e. The molecule has 3 fully saturated rings. The van der Waals surface area contributed by atoms with Crippen molar-refractivity contribution >= 4 is 29.2 Å². The zero-order valence-corrected chi connectivity index (χ0v) is 23.2. The summed E-state index contributed by atoms with van der Waals surface area (Å²) in [6.07, 6.45) is 7.21. The normalized spacial score (nSPS) is 20.7. The van der Waals surface area contributed by atoms with Crippen LogP contribution in [-0.4, -0.2) is 72.0 Å². The molecule has 0 bridgehead atoms. The average Bonchev–Trinajstić information content (AvgIpc) is 3.79. The summed E-state index contributed by atoms with van der Waals surface area (Å²) in [5.74, 6) is 1.90. The molecule has 1 unspecified atom stereocenters. The highest BCUT2D eigenvalue weighted by atomic mass is 35.5. The maximum absolute atomic E-state index is 13.5. The van der Waals surface area contributed by atoms with Crippen molar-refractivity contribution in [2.24, 2.45) is 17.8 Å². The lowest BCUT2D eigenvalue weighted by molar-refractivity contribution is -0.156. The third-order valence-corrected chi connectivity index (χ3v) is 8.97. The van der Waals surface area contributed by atoms with Crippen molar-refractivity contribution in [1.29, 1.82) is 0 Å². The number of aliphatic hydroxyl groups is 1. The summed E-state index contributed by atoms with van der Waals surface area (Å²) in [7, 11) is 3.41. The van der Waals surface area contributed by atoms with Crippen LogP contribution in [0, 0.1) is 17.8 Å². The summed E-state index contributed by atoms with van der Waals surface area (Å²) in [4.78, 5) is 35.9. The van der Waals surface area contributed by atoms with E-state index >= 15 is 0 Å². The number of benzene rings is 1. The molecule has 1 aromatic carbocycles. The van der Waals surface area contributed by atoms with Crippen molar-refractivity contribution in [3.05, 3.63) is 58.7 Å². The van der Waals surface area contributed by atoms with E-state index in [2.05, 4.69) is 9.88 Å². The number of anilines is 1. The minimum Gasteiger partial charge on any atom is -0.375 e. The molecule has 2 aromatic rings. The van der Waals surface area contributed by atoms with Crippen molar-refractivity contribution in [3.63, 3.8) is 0 Å². The van der Waals surface area contributed by atoms with Gasteiger partial charge in [-0.3, -0.25) is 9.59 Å². The molecule has 2 amide bonds. The summed E-state index contributed by atoms with van der Waals surface area (Å²) >= 11 is 6.33. The Bertz CT molecular complexity index is 1140. The molecule has 8 heteroatoms. The van der Waals surface area contributed by atoms with Crippen LogP contribution in [0.25, 0.3) is 0 Å². The number of hydrogen-bond donors (Lipinski definition) is 1. The third-order valence-electron chi connectivity index (χ3n) is 8.69. The predicted octanol–water partition coefficient (Wildman–Crippen LogP) is 4.58. The first-order valence-electron chi connectivity index (χ1n) is 14.0. The molecule has 0 radical (unpaired) electrons. The zero-order valence-electron chi connectivity index (χ0n) is 22.5. The molecule has 204 valence electrons. The van der Waals surface area contributed by atoms with Crippen LogP contribution in [0.5, 0.6) is 0 Å². The molecule has 0 spiro atoms. The van der Waals surface area contributed by atoms with Crippen LogP contribution in [0.3, 0.4) is 0 Å². The molecule has 3 aliphatic rings. The van der Waals surface area contributed by atoms with Gasteiger partial charge in [0.2, 0.25) is 0 Å². The van der Waals surface area contributed by atoms with Gasteiger partial charge in [0.15, 0.2) is 5.60 Å². The average molecular weight is 539 g/mol. The zero-order chi connectivity index (χ0) is 26.9. The highest BCUT2D eigenvalue weighted by Gasteiger charge is 2.52. The van der Waals surface area contributed by atoms with Crippen LogP contribution in [0.4, 0.5) is 5.82 Å². The van der Waals surface area contributed by atoms with Crippen molar-refractivity contribution < 1.29 is 14.7 Å². The number of rotatable bonds is 7. The van der Waals surface area contributed by atoms with E-state index in [1.165, 1.54) is 11.3 Å². The smallest absolute Gasteiger partial charge is 0.259 e. The standard InChI is InChI=1S/C30H39ClN4O3/c1-33(2)28(36)25-10-11-26(32-27(25)31)34-16-12-21(13-17-34)20-22-14-18-35(19-15-22)29(37)30(38,24-8-9-24)23-6-4-3-5-7-23/h3-7,10-11,21-22,24,38H,8-9,12-20H2,1-2H3. The molecule has 1 aromatic heterocycles. The Labute approximate surface area is 230 Å². The van der Waals surface area contributed by atoms with Crippen LogP contribution in [-0.2, 0) is 10.4 Å². The topological polar surface area (TPSA) is 77.0 Å². The SMILES string of the molecule is CN(C)C(=O)c1ccc(N2CCC(CC3CCN(C(=O)C(O)(c4ccccc4)C4CC4)CC3)CC2)nc1Cl. The number of hydrogen-bond acceptors (Lipinski definition) is 5. The van der Waals surface area contributed by atoms with E-state index in [9.17, 15) is 14.7 Å². The second-order valence-corrected chi connectivity index (χ2v) is 11.9. The Morgan fingerprint density at radius 3 is 2.11 bits per heavy atom. The predicted molar refractivity (Wildman–Crippen MR) is 149 cm³/mol. The van der Waals surface area contributed by atoms with Crippen LogP contribution < -0.4 is 4.90 Å². The first kappa shape index (κ1) is 26.9. The maximum Gasteiger partial charge on any atom is 0.259 e. The number of halogens is 1. The number of carbonyl (C=O) groups is 2. The lowest BCUT2D eigenvalue weighted by Gasteiger charge is -2.40. The van der Waals surface area contributed by atoms with Gasteiger partial charge in [-0.15, -0.1) is 0 Å². The maximum atomic E-state index is 13.5. The monoisotopic (exact) mass is 538 g/mol. The summed E-state index contributed by atoms with van der Waals surface area (Å²) in [6, 6.07) is 13.2. The fourth-order valence-electron chi connectivity index (χ4n) is 6.21. The molecule has 2 saturated heterocycles. The van der Waals surface area contributed by atoms with E-state index in [0.717, 1.165) is 76.1 Å². The first-order chi connectivity index (χ1) is 18.3. The van der Waals surface area contributed by atoms with Crippen LogP contribution >= 0.6 is 11.6 Å². The van der Waals surface area contributed by atoms with Gasteiger partial charge in [0.25, 0.3) is 11.8 Å². The third kappa shape index (κ3) is 5.55. The van der Waals surface area contributed by atoms with Crippen LogP contribution in [0.1, 0.15) is 60.9 Å². The van der Waals surface area contributed by atoms with E-state index in [0.29, 0.717) is 17.4 Å². The van der Waals surface area contributed by atoms with Gasteiger partial charge >= 0.3 is 0 Å². The first-order valence-corrected chi connectivity index (χ1v) is 14.4. The van der Waals surface area contributed by atoms with E-state index in [1.807, 2.05) is 41.3 Å². The van der Waals surface area contributed by atoms with Gasteiger partial charge in [-0.25, -0.2) is 4.98 Å². The highest BCUT2D eigenvalue weighted by Crippen LogP contribution is 2.47. The van der Waals surface area contributed by atoms with Gasteiger partial charge in [0, 0.05) is 46.2 Å². The second kappa shape index (κ2) is 11.2. The van der Waals surface area contributed by atoms with Crippen LogP contribution in [0.15, 0.2) is 42.5 Å². The van der Waals surface area contributed by atoms with Crippen LogP contribution in [0.2, 0.25) is 5.15 Å². The Morgan fingerprint density at radius 1 is 0.947 bits per heavy atom. The fourth-order valence-corrected chi connectivity index (χ4v) is 6.44. The molecule has 5 rings (SSSR count).